The molecule has 0 radical (unpaired) electrons. The molecule has 4 heteroatoms. The molecule has 0 aromatic heterocycles. The first-order chi connectivity index (χ1) is 9.08. The summed E-state index contributed by atoms with van der Waals surface area (Å²) in [4.78, 5) is 1.21. The maximum atomic E-state index is 6.17. The van der Waals surface area contributed by atoms with Gasteiger partial charge >= 0.3 is 0 Å². The minimum Gasteiger partial charge on any atom is -0.327 e. The van der Waals surface area contributed by atoms with Crippen LogP contribution in [0.5, 0.6) is 0 Å². The van der Waals surface area contributed by atoms with Crippen molar-refractivity contribution in [2.24, 2.45) is 5.73 Å². The van der Waals surface area contributed by atoms with Crippen molar-refractivity contribution >= 4 is 43.6 Å². The summed E-state index contributed by atoms with van der Waals surface area (Å²) in [6.07, 6.45) is 0. The lowest BCUT2D eigenvalue weighted by molar-refractivity contribution is 0.721. The summed E-state index contributed by atoms with van der Waals surface area (Å²) in [7, 11) is 0. The van der Waals surface area contributed by atoms with Crippen LogP contribution in [0.4, 0.5) is 0 Å². The Bertz CT molecular complexity index is 557. The minimum absolute atomic E-state index is 0.0754. The Hall–Kier alpha value is -0.290. The molecule has 0 spiro atoms. The lowest BCUT2D eigenvalue weighted by Gasteiger charge is -2.21. The molecule has 0 aliphatic carbocycles. The number of halogens is 2. The van der Waals surface area contributed by atoms with Crippen LogP contribution in [-0.2, 0) is 0 Å². The SMILES string of the molecule is CC(N)C(Sc1ccccc1Br)c1cccc(Br)c1. The van der Waals surface area contributed by atoms with Crippen LogP contribution in [0, 0.1) is 0 Å². The van der Waals surface area contributed by atoms with Crippen LogP contribution in [0.25, 0.3) is 0 Å². The second-order valence-electron chi connectivity index (χ2n) is 4.38. The van der Waals surface area contributed by atoms with E-state index in [0.717, 1.165) is 8.95 Å². The van der Waals surface area contributed by atoms with Crippen LogP contribution >= 0.6 is 43.6 Å². The molecule has 0 amide bonds. The van der Waals surface area contributed by atoms with E-state index < -0.39 is 0 Å². The van der Waals surface area contributed by atoms with Gasteiger partial charge in [0, 0.05) is 25.1 Å². The molecule has 1 nitrogen and oxygen atoms in total. The van der Waals surface area contributed by atoms with Gasteiger partial charge in [-0.3, -0.25) is 0 Å². The van der Waals surface area contributed by atoms with Crippen molar-refractivity contribution in [2.75, 3.05) is 0 Å². The number of thioether (sulfide) groups is 1. The molecule has 0 bridgehead atoms. The van der Waals surface area contributed by atoms with Gasteiger partial charge in [0.15, 0.2) is 0 Å². The number of nitrogens with two attached hydrogens (primary N) is 1. The highest BCUT2D eigenvalue weighted by atomic mass is 79.9. The summed E-state index contributed by atoms with van der Waals surface area (Å²) in [5.74, 6) is 0. The largest absolute Gasteiger partial charge is 0.327 e. The highest BCUT2D eigenvalue weighted by molar-refractivity contribution is 9.10. The summed E-state index contributed by atoms with van der Waals surface area (Å²) in [5, 5.41) is 0.233. The zero-order chi connectivity index (χ0) is 13.8. The first-order valence-electron chi connectivity index (χ1n) is 6.00. The van der Waals surface area contributed by atoms with Crippen molar-refractivity contribution in [3.05, 3.63) is 63.0 Å². The molecule has 0 aliphatic rings. The highest BCUT2D eigenvalue weighted by Gasteiger charge is 2.19. The van der Waals surface area contributed by atoms with Crippen molar-refractivity contribution < 1.29 is 0 Å². The van der Waals surface area contributed by atoms with Crippen molar-refractivity contribution in [3.8, 4) is 0 Å². The molecule has 0 heterocycles. The second-order valence-corrected chi connectivity index (χ2v) is 7.34. The molecule has 2 aromatic rings. The van der Waals surface area contributed by atoms with Gasteiger partial charge in [-0.1, -0.05) is 40.2 Å². The molecule has 2 atom stereocenters. The maximum Gasteiger partial charge on any atom is 0.0493 e. The predicted molar refractivity (Wildman–Crippen MR) is 90.5 cm³/mol. The third kappa shape index (κ3) is 4.09. The third-order valence-electron chi connectivity index (χ3n) is 2.75. The lowest BCUT2D eigenvalue weighted by Crippen LogP contribution is -2.22. The van der Waals surface area contributed by atoms with Crippen molar-refractivity contribution in [1.29, 1.82) is 0 Å². The predicted octanol–water partition coefficient (Wildman–Crippen LogP) is 5.39. The molecule has 2 rings (SSSR count). The summed E-state index contributed by atoms with van der Waals surface area (Å²) < 4.78 is 2.20. The first kappa shape index (κ1) is 15.1. The van der Waals surface area contributed by atoms with Crippen molar-refractivity contribution in [3.63, 3.8) is 0 Å². The van der Waals surface area contributed by atoms with E-state index in [1.165, 1.54) is 10.5 Å². The van der Waals surface area contributed by atoms with E-state index in [4.69, 9.17) is 5.73 Å². The lowest BCUT2D eigenvalue weighted by atomic mass is 10.1. The van der Waals surface area contributed by atoms with Gasteiger partial charge in [0.1, 0.15) is 0 Å². The van der Waals surface area contributed by atoms with Gasteiger partial charge in [-0.15, -0.1) is 11.8 Å². The van der Waals surface area contributed by atoms with Crippen LogP contribution in [0.3, 0.4) is 0 Å². The Morgan fingerprint density at radius 2 is 1.79 bits per heavy atom. The quantitative estimate of drug-likeness (QED) is 0.696. The van der Waals surface area contributed by atoms with Gasteiger partial charge in [0.25, 0.3) is 0 Å². The molecule has 2 unspecified atom stereocenters. The van der Waals surface area contributed by atoms with Crippen LogP contribution < -0.4 is 5.73 Å². The number of rotatable bonds is 4. The van der Waals surface area contributed by atoms with E-state index in [1.54, 1.807) is 11.8 Å². The average molecular weight is 401 g/mol. The molecule has 0 aliphatic heterocycles. The summed E-state index contributed by atoms with van der Waals surface area (Å²) >= 11 is 8.90. The Kier molecular flexibility index (Phi) is 5.51. The Labute approximate surface area is 135 Å². The number of benzene rings is 2. The van der Waals surface area contributed by atoms with E-state index in [1.807, 2.05) is 18.2 Å². The topological polar surface area (TPSA) is 26.0 Å². The zero-order valence-electron chi connectivity index (χ0n) is 10.5. The molecule has 0 saturated heterocycles. The molecular weight excluding hydrogens is 386 g/mol. The third-order valence-corrected chi connectivity index (χ3v) is 5.76. The average Bonchev–Trinajstić information content (AvgIpc) is 2.37. The van der Waals surface area contributed by atoms with E-state index in [0.29, 0.717) is 0 Å². The van der Waals surface area contributed by atoms with Gasteiger partial charge in [0.2, 0.25) is 0 Å². The fourth-order valence-electron chi connectivity index (χ4n) is 1.84. The van der Waals surface area contributed by atoms with Gasteiger partial charge in [-0.25, -0.2) is 0 Å². The zero-order valence-corrected chi connectivity index (χ0v) is 14.5. The molecule has 2 N–H and O–H groups in total. The second kappa shape index (κ2) is 6.93. The van der Waals surface area contributed by atoms with Gasteiger partial charge in [0.05, 0.1) is 0 Å². The monoisotopic (exact) mass is 399 g/mol. The Morgan fingerprint density at radius 3 is 2.42 bits per heavy atom. The Balaban J connectivity index is 2.29. The molecule has 2 aromatic carbocycles. The summed E-state index contributed by atoms with van der Waals surface area (Å²) in [6, 6.07) is 16.7. The summed E-state index contributed by atoms with van der Waals surface area (Å²) in [6.45, 7) is 2.05. The van der Waals surface area contributed by atoms with Gasteiger partial charge in [-0.05, 0) is 52.7 Å². The van der Waals surface area contributed by atoms with E-state index >= 15 is 0 Å². The minimum atomic E-state index is 0.0754. The van der Waals surface area contributed by atoms with Gasteiger partial charge in [-0.2, -0.15) is 0 Å². The number of hydrogen-bond donors (Lipinski definition) is 1. The van der Waals surface area contributed by atoms with Crippen molar-refractivity contribution in [2.45, 2.75) is 23.1 Å². The molecule has 0 fully saturated rings. The maximum absolute atomic E-state index is 6.17. The fourth-order valence-corrected chi connectivity index (χ4v) is 3.93. The van der Waals surface area contributed by atoms with Crippen LogP contribution in [0.1, 0.15) is 17.7 Å². The van der Waals surface area contributed by atoms with Crippen LogP contribution in [0.2, 0.25) is 0 Å². The van der Waals surface area contributed by atoms with Crippen LogP contribution in [-0.4, -0.2) is 6.04 Å². The first-order valence-corrected chi connectivity index (χ1v) is 8.46. The molecule has 100 valence electrons. The van der Waals surface area contributed by atoms with Crippen molar-refractivity contribution in [1.82, 2.24) is 0 Å². The molecule has 0 saturated carbocycles. The Morgan fingerprint density at radius 1 is 1.05 bits per heavy atom. The van der Waals surface area contributed by atoms with Crippen LogP contribution in [0.15, 0.2) is 62.4 Å². The smallest absolute Gasteiger partial charge is 0.0493 e. The van der Waals surface area contributed by atoms with E-state index in [2.05, 4.69) is 69.1 Å². The standard InChI is InChI=1S/C15H15Br2NS/c1-10(18)15(11-5-4-6-12(16)9-11)19-14-8-3-2-7-13(14)17/h2-10,15H,18H2,1H3. The highest BCUT2D eigenvalue weighted by Crippen LogP contribution is 2.40. The van der Waals surface area contributed by atoms with Gasteiger partial charge < -0.3 is 5.73 Å². The molecular formula is C15H15Br2NS. The van der Waals surface area contributed by atoms with E-state index in [9.17, 15) is 0 Å². The normalized spacial score (nSPS) is 14.1. The summed E-state index contributed by atoms with van der Waals surface area (Å²) in [5.41, 5.74) is 7.41. The fraction of sp³-hybridized carbons (Fsp3) is 0.200. The van der Waals surface area contributed by atoms with E-state index in [-0.39, 0.29) is 11.3 Å². The number of hydrogen-bond acceptors (Lipinski definition) is 2. The molecule has 19 heavy (non-hydrogen) atoms.